The molecule has 16 heavy (non-hydrogen) atoms. The van der Waals surface area contributed by atoms with Crippen molar-refractivity contribution in [3.05, 3.63) is 33.8 Å². The van der Waals surface area contributed by atoms with Crippen LogP contribution in [0.1, 0.15) is 18.4 Å². The van der Waals surface area contributed by atoms with Crippen molar-refractivity contribution >= 4 is 22.0 Å². The van der Waals surface area contributed by atoms with E-state index in [1.54, 1.807) is 0 Å². The van der Waals surface area contributed by atoms with E-state index in [1.807, 2.05) is 12.1 Å². The van der Waals surface area contributed by atoms with Gasteiger partial charge in [0.2, 0.25) is 0 Å². The zero-order valence-corrected chi connectivity index (χ0v) is 10.6. The van der Waals surface area contributed by atoms with Gasteiger partial charge in [0.25, 0.3) is 0 Å². The minimum Gasteiger partial charge on any atom is -0.489 e. The predicted octanol–water partition coefficient (Wildman–Crippen LogP) is 2.98. The summed E-state index contributed by atoms with van der Waals surface area (Å²) in [5, 5.41) is 3.51. The van der Waals surface area contributed by atoms with Crippen LogP contribution in [0.4, 0.5) is 0 Å². The van der Waals surface area contributed by atoms with E-state index in [-0.39, 0.29) is 0 Å². The molecule has 0 bridgehead atoms. The monoisotopic (exact) mass is 279 g/mol. The molecular formula is C13H14BrNO. The van der Waals surface area contributed by atoms with Crippen LogP contribution < -0.4 is 10.1 Å². The number of hydrogen-bond donors (Lipinski definition) is 1. The first kappa shape index (κ1) is 10.4. The number of hydrogen-bond acceptors (Lipinski definition) is 2. The van der Waals surface area contributed by atoms with E-state index in [0.717, 1.165) is 22.8 Å². The summed E-state index contributed by atoms with van der Waals surface area (Å²) < 4.78 is 6.81. The van der Waals surface area contributed by atoms with Gasteiger partial charge in [0.1, 0.15) is 12.4 Å². The Morgan fingerprint density at radius 1 is 1.38 bits per heavy atom. The van der Waals surface area contributed by atoms with E-state index >= 15 is 0 Å². The van der Waals surface area contributed by atoms with E-state index < -0.39 is 0 Å². The molecule has 1 fully saturated rings. The number of rotatable bonds is 3. The van der Waals surface area contributed by atoms with Crippen LogP contribution in [0.3, 0.4) is 0 Å². The van der Waals surface area contributed by atoms with E-state index in [0.29, 0.717) is 6.61 Å². The van der Waals surface area contributed by atoms with Crippen LogP contribution in [0.5, 0.6) is 5.75 Å². The molecule has 1 heterocycles. The lowest BCUT2D eigenvalue weighted by Crippen LogP contribution is -2.23. The largest absolute Gasteiger partial charge is 0.489 e. The molecule has 1 N–H and O–H groups in total. The number of nitrogens with one attached hydrogen (secondary N) is 1. The van der Waals surface area contributed by atoms with Crippen LogP contribution in [0.25, 0.3) is 6.08 Å². The number of fused-ring (bicyclic) bond motifs is 1. The molecule has 1 aliphatic carbocycles. The highest BCUT2D eigenvalue weighted by Gasteiger charge is 2.21. The van der Waals surface area contributed by atoms with Gasteiger partial charge in [0, 0.05) is 22.6 Å². The highest BCUT2D eigenvalue weighted by Crippen LogP contribution is 2.29. The molecule has 0 atom stereocenters. The van der Waals surface area contributed by atoms with E-state index in [9.17, 15) is 0 Å². The lowest BCUT2D eigenvalue weighted by atomic mass is 10.1. The third kappa shape index (κ3) is 2.30. The fourth-order valence-corrected chi connectivity index (χ4v) is 2.24. The normalized spacial score (nSPS) is 18.7. The Balaban J connectivity index is 1.76. The minimum absolute atomic E-state index is 0.717. The summed E-state index contributed by atoms with van der Waals surface area (Å²) in [5.74, 6) is 0.985. The summed E-state index contributed by atoms with van der Waals surface area (Å²) in [7, 11) is 0. The molecule has 0 aromatic heterocycles. The SMILES string of the molecule is Brc1ccc2c(c1)C=C(CNC1CC1)CO2. The summed E-state index contributed by atoms with van der Waals surface area (Å²) >= 11 is 3.48. The number of halogens is 1. The molecule has 0 unspecified atom stereocenters. The molecule has 1 saturated carbocycles. The second kappa shape index (κ2) is 4.22. The molecule has 2 aliphatic rings. The molecule has 1 aromatic carbocycles. The second-order valence-electron chi connectivity index (χ2n) is 4.43. The lowest BCUT2D eigenvalue weighted by Gasteiger charge is -2.18. The van der Waals surface area contributed by atoms with Crippen LogP contribution in [0.15, 0.2) is 28.2 Å². The Morgan fingerprint density at radius 2 is 2.25 bits per heavy atom. The van der Waals surface area contributed by atoms with Crippen LogP contribution >= 0.6 is 15.9 Å². The van der Waals surface area contributed by atoms with Crippen LogP contribution in [0, 0.1) is 0 Å². The number of ether oxygens (including phenoxy) is 1. The topological polar surface area (TPSA) is 21.3 Å². The quantitative estimate of drug-likeness (QED) is 0.919. The van der Waals surface area contributed by atoms with Crippen LogP contribution in [-0.4, -0.2) is 19.2 Å². The Bertz CT molecular complexity index is 438. The van der Waals surface area contributed by atoms with Crippen molar-refractivity contribution in [2.75, 3.05) is 13.2 Å². The Labute approximate surface area is 104 Å². The highest BCUT2D eigenvalue weighted by atomic mass is 79.9. The third-order valence-electron chi connectivity index (χ3n) is 2.94. The van der Waals surface area contributed by atoms with Gasteiger partial charge < -0.3 is 10.1 Å². The summed E-state index contributed by atoms with van der Waals surface area (Å²) in [6.45, 7) is 1.67. The van der Waals surface area contributed by atoms with E-state index in [1.165, 1.54) is 24.0 Å². The third-order valence-corrected chi connectivity index (χ3v) is 3.43. The summed E-state index contributed by atoms with van der Waals surface area (Å²) in [6.07, 6.45) is 4.89. The van der Waals surface area contributed by atoms with Crippen molar-refractivity contribution in [3.63, 3.8) is 0 Å². The van der Waals surface area contributed by atoms with Gasteiger partial charge >= 0.3 is 0 Å². The highest BCUT2D eigenvalue weighted by molar-refractivity contribution is 9.10. The Morgan fingerprint density at radius 3 is 3.06 bits per heavy atom. The molecule has 1 aromatic rings. The van der Waals surface area contributed by atoms with E-state index in [2.05, 4.69) is 33.4 Å². The smallest absolute Gasteiger partial charge is 0.127 e. The fourth-order valence-electron chi connectivity index (χ4n) is 1.86. The zero-order valence-electron chi connectivity index (χ0n) is 9.00. The summed E-state index contributed by atoms with van der Waals surface area (Å²) in [4.78, 5) is 0. The van der Waals surface area contributed by atoms with Crippen LogP contribution in [0.2, 0.25) is 0 Å². The predicted molar refractivity (Wildman–Crippen MR) is 68.6 cm³/mol. The Hall–Kier alpha value is -0.800. The Kier molecular flexibility index (Phi) is 2.74. The van der Waals surface area contributed by atoms with Gasteiger partial charge in [-0.25, -0.2) is 0 Å². The molecule has 0 radical (unpaired) electrons. The van der Waals surface area contributed by atoms with E-state index in [4.69, 9.17) is 4.74 Å². The van der Waals surface area contributed by atoms with Crippen molar-refractivity contribution in [3.8, 4) is 5.75 Å². The molecule has 2 nitrogen and oxygen atoms in total. The molecule has 0 saturated heterocycles. The first-order chi connectivity index (χ1) is 7.81. The summed E-state index contributed by atoms with van der Waals surface area (Å²) in [5.41, 5.74) is 2.51. The molecule has 3 rings (SSSR count). The van der Waals surface area contributed by atoms with Crippen LogP contribution in [-0.2, 0) is 0 Å². The maximum atomic E-state index is 5.71. The van der Waals surface area contributed by atoms with Gasteiger partial charge in [-0.05, 0) is 42.7 Å². The van der Waals surface area contributed by atoms with Crippen molar-refractivity contribution in [2.45, 2.75) is 18.9 Å². The molecule has 1 aliphatic heterocycles. The van der Waals surface area contributed by atoms with Gasteiger partial charge in [-0.2, -0.15) is 0 Å². The first-order valence-electron chi connectivity index (χ1n) is 5.66. The maximum Gasteiger partial charge on any atom is 0.127 e. The zero-order chi connectivity index (χ0) is 11.0. The van der Waals surface area contributed by atoms with Crippen molar-refractivity contribution < 1.29 is 4.74 Å². The molecular weight excluding hydrogens is 266 g/mol. The lowest BCUT2D eigenvalue weighted by molar-refractivity contribution is 0.343. The van der Waals surface area contributed by atoms with Crippen molar-refractivity contribution in [1.29, 1.82) is 0 Å². The molecule has 0 spiro atoms. The first-order valence-corrected chi connectivity index (χ1v) is 6.46. The van der Waals surface area contributed by atoms with Gasteiger partial charge in [0.05, 0.1) is 0 Å². The van der Waals surface area contributed by atoms with Crippen molar-refractivity contribution in [2.24, 2.45) is 0 Å². The fraction of sp³-hybridized carbons (Fsp3) is 0.385. The maximum absolute atomic E-state index is 5.71. The minimum atomic E-state index is 0.717. The van der Waals surface area contributed by atoms with Gasteiger partial charge in [0.15, 0.2) is 0 Å². The standard InChI is InChI=1S/C13H14BrNO/c14-11-1-4-13-10(6-11)5-9(8-16-13)7-15-12-2-3-12/h1,4-6,12,15H,2-3,7-8H2. The van der Waals surface area contributed by atoms with Gasteiger partial charge in [-0.15, -0.1) is 0 Å². The second-order valence-corrected chi connectivity index (χ2v) is 5.34. The molecule has 0 amide bonds. The molecule has 84 valence electrons. The average Bonchev–Trinajstić information content (AvgIpc) is 3.09. The summed E-state index contributed by atoms with van der Waals surface area (Å²) in [6, 6.07) is 6.89. The van der Waals surface area contributed by atoms with Crippen molar-refractivity contribution in [1.82, 2.24) is 5.32 Å². The van der Waals surface area contributed by atoms with Gasteiger partial charge in [-0.1, -0.05) is 15.9 Å². The van der Waals surface area contributed by atoms with Gasteiger partial charge in [-0.3, -0.25) is 0 Å². The molecule has 3 heteroatoms. The average molecular weight is 280 g/mol. The number of benzene rings is 1.